The summed E-state index contributed by atoms with van der Waals surface area (Å²) in [7, 11) is -3.95. The maximum absolute atomic E-state index is 11.5. The normalized spacial score (nSPS) is 11.9. The lowest BCUT2D eigenvalue weighted by atomic mass is 10.2. The molecule has 3 N–H and O–H groups in total. The Morgan fingerprint density at radius 3 is 2.25 bits per heavy atom. The first-order chi connectivity index (χ1) is 9.02. The molecule has 0 fully saturated rings. The molecule has 20 heavy (non-hydrogen) atoms. The number of hydrogen-bond donors (Lipinski definition) is 3. The van der Waals surface area contributed by atoms with Gasteiger partial charge in [0.15, 0.2) is 0 Å². The van der Waals surface area contributed by atoms with E-state index in [1.807, 2.05) is 0 Å². The molecule has 0 radical (unpaired) electrons. The van der Waals surface area contributed by atoms with E-state index in [-0.39, 0.29) is 13.0 Å². The van der Waals surface area contributed by atoms with Gasteiger partial charge in [-0.1, -0.05) is 6.42 Å². The molecule has 0 aromatic rings. The van der Waals surface area contributed by atoms with E-state index < -0.39 is 27.9 Å². The van der Waals surface area contributed by atoms with Crippen LogP contribution in [0.25, 0.3) is 0 Å². The van der Waals surface area contributed by atoms with Gasteiger partial charge in [-0.2, -0.15) is 13.1 Å². The highest BCUT2D eigenvalue weighted by Crippen LogP contribution is 2.06. The summed E-state index contributed by atoms with van der Waals surface area (Å²) >= 11 is 0. The van der Waals surface area contributed by atoms with E-state index in [0.29, 0.717) is 19.3 Å². The van der Waals surface area contributed by atoms with Gasteiger partial charge < -0.3 is 9.84 Å². The number of carboxylic acids is 1. The van der Waals surface area contributed by atoms with Crippen LogP contribution in [-0.2, 0) is 19.7 Å². The molecule has 0 aromatic carbocycles. The first-order valence-electron chi connectivity index (χ1n) is 6.24. The fraction of sp³-hybridized carbons (Fsp3) is 0.818. The zero-order chi connectivity index (χ0) is 15.8. The minimum atomic E-state index is -3.95. The molecule has 0 aliphatic rings. The SMILES string of the molecule is CC(C)(C)OC(=O)NS(=O)(=O)NCCCCCC(=O)O. The largest absolute Gasteiger partial charge is 0.481 e. The third kappa shape index (κ3) is 11.7. The number of ether oxygens (including phenoxy) is 1. The van der Waals surface area contributed by atoms with Crippen molar-refractivity contribution in [3.63, 3.8) is 0 Å². The van der Waals surface area contributed by atoms with Crippen LogP contribution >= 0.6 is 0 Å². The van der Waals surface area contributed by atoms with Crippen LogP contribution in [0.15, 0.2) is 0 Å². The van der Waals surface area contributed by atoms with Crippen molar-refractivity contribution in [3.8, 4) is 0 Å². The third-order valence-corrected chi connectivity index (χ3v) is 3.00. The van der Waals surface area contributed by atoms with Crippen molar-refractivity contribution in [2.75, 3.05) is 6.54 Å². The molecule has 0 spiro atoms. The number of carbonyl (C=O) groups excluding carboxylic acids is 1. The van der Waals surface area contributed by atoms with E-state index >= 15 is 0 Å². The Kier molecular flexibility index (Phi) is 7.51. The van der Waals surface area contributed by atoms with Crippen molar-refractivity contribution in [1.29, 1.82) is 0 Å². The molecular formula is C11H22N2O6S. The van der Waals surface area contributed by atoms with E-state index in [4.69, 9.17) is 9.84 Å². The summed E-state index contributed by atoms with van der Waals surface area (Å²) in [4.78, 5) is 21.5. The number of carboxylic acid groups (broad SMARTS) is 1. The lowest BCUT2D eigenvalue weighted by Gasteiger charge is -2.19. The maximum Gasteiger partial charge on any atom is 0.422 e. The van der Waals surface area contributed by atoms with Gasteiger partial charge in [0.2, 0.25) is 0 Å². The van der Waals surface area contributed by atoms with Gasteiger partial charge in [-0.15, -0.1) is 0 Å². The molecule has 0 aliphatic heterocycles. The summed E-state index contributed by atoms with van der Waals surface area (Å²) in [6.45, 7) is 4.98. The Balaban J connectivity index is 3.91. The first kappa shape index (κ1) is 18.7. The van der Waals surface area contributed by atoms with Crippen molar-refractivity contribution >= 4 is 22.3 Å². The number of hydrogen-bond acceptors (Lipinski definition) is 5. The van der Waals surface area contributed by atoms with Crippen LogP contribution in [0.1, 0.15) is 46.5 Å². The molecule has 0 aliphatic carbocycles. The van der Waals surface area contributed by atoms with Crippen molar-refractivity contribution in [2.45, 2.75) is 52.1 Å². The quantitative estimate of drug-likeness (QED) is 0.575. The Labute approximate surface area is 119 Å². The van der Waals surface area contributed by atoms with Gasteiger partial charge in [0.1, 0.15) is 5.60 Å². The maximum atomic E-state index is 11.5. The van der Waals surface area contributed by atoms with E-state index in [1.54, 1.807) is 25.5 Å². The minimum absolute atomic E-state index is 0.0584. The Morgan fingerprint density at radius 1 is 1.15 bits per heavy atom. The van der Waals surface area contributed by atoms with Crippen molar-refractivity contribution in [3.05, 3.63) is 0 Å². The van der Waals surface area contributed by atoms with Crippen LogP contribution in [0, 0.1) is 0 Å². The average molecular weight is 310 g/mol. The van der Waals surface area contributed by atoms with E-state index in [1.165, 1.54) is 0 Å². The van der Waals surface area contributed by atoms with Crippen LogP contribution < -0.4 is 9.44 Å². The summed E-state index contributed by atoms with van der Waals surface area (Å²) in [5.41, 5.74) is -0.781. The van der Waals surface area contributed by atoms with Gasteiger partial charge >= 0.3 is 22.3 Å². The molecule has 8 nitrogen and oxygen atoms in total. The van der Waals surface area contributed by atoms with E-state index in [0.717, 1.165) is 0 Å². The second kappa shape index (κ2) is 8.05. The van der Waals surface area contributed by atoms with Gasteiger partial charge in [-0.3, -0.25) is 4.79 Å². The van der Waals surface area contributed by atoms with E-state index in [2.05, 4.69) is 4.72 Å². The minimum Gasteiger partial charge on any atom is -0.481 e. The molecule has 0 unspecified atom stereocenters. The zero-order valence-corrected chi connectivity index (χ0v) is 12.7. The molecular weight excluding hydrogens is 288 g/mol. The average Bonchev–Trinajstić information content (AvgIpc) is 2.18. The van der Waals surface area contributed by atoms with Crippen molar-refractivity contribution in [2.24, 2.45) is 0 Å². The predicted octanol–water partition coefficient (Wildman–Crippen LogP) is 0.990. The van der Waals surface area contributed by atoms with Crippen LogP contribution in [0.3, 0.4) is 0 Å². The Hall–Kier alpha value is -1.35. The molecule has 0 atom stereocenters. The zero-order valence-electron chi connectivity index (χ0n) is 11.9. The van der Waals surface area contributed by atoms with Crippen molar-refractivity contribution in [1.82, 2.24) is 9.44 Å². The third-order valence-electron chi connectivity index (χ3n) is 1.98. The number of aliphatic carboxylic acids is 1. The summed E-state index contributed by atoms with van der Waals surface area (Å²) in [5.74, 6) is -0.878. The second-order valence-corrected chi connectivity index (χ2v) is 6.71. The smallest absolute Gasteiger partial charge is 0.422 e. The molecule has 0 bridgehead atoms. The first-order valence-corrected chi connectivity index (χ1v) is 7.72. The van der Waals surface area contributed by atoms with Gasteiger partial charge in [0.25, 0.3) is 0 Å². The molecule has 9 heteroatoms. The lowest BCUT2D eigenvalue weighted by Crippen LogP contribution is -2.43. The fourth-order valence-corrected chi connectivity index (χ4v) is 1.98. The van der Waals surface area contributed by atoms with E-state index in [9.17, 15) is 18.0 Å². The summed E-state index contributed by atoms with van der Waals surface area (Å²) in [5, 5.41) is 8.42. The molecule has 0 rings (SSSR count). The topological polar surface area (TPSA) is 122 Å². The molecule has 1 amide bonds. The molecule has 0 saturated carbocycles. The van der Waals surface area contributed by atoms with Crippen LogP contribution in [-0.4, -0.2) is 37.7 Å². The second-order valence-electron chi connectivity index (χ2n) is 5.21. The summed E-state index contributed by atoms with van der Waals surface area (Å²) < 4.78 is 31.6. The highest BCUT2D eigenvalue weighted by Gasteiger charge is 2.20. The summed E-state index contributed by atoms with van der Waals surface area (Å²) in [6, 6.07) is 0. The van der Waals surface area contributed by atoms with Crippen LogP contribution in [0.5, 0.6) is 0 Å². The highest BCUT2D eigenvalue weighted by molar-refractivity contribution is 7.88. The molecule has 0 saturated heterocycles. The molecule has 118 valence electrons. The van der Waals surface area contributed by atoms with Crippen LogP contribution in [0.4, 0.5) is 4.79 Å². The lowest BCUT2D eigenvalue weighted by molar-refractivity contribution is -0.137. The fourth-order valence-electron chi connectivity index (χ4n) is 1.23. The highest BCUT2D eigenvalue weighted by atomic mass is 32.2. The molecule has 0 heterocycles. The monoisotopic (exact) mass is 310 g/mol. The van der Waals surface area contributed by atoms with Crippen LogP contribution in [0.2, 0.25) is 0 Å². The van der Waals surface area contributed by atoms with Gasteiger partial charge in [-0.05, 0) is 33.6 Å². The Morgan fingerprint density at radius 2 is 1.75 bits per heavy atom. The number of rotatable bonds is 8. The van der Waals surface area contributed by atoms with Gasteiger partial charge in [0.05, 0.1) is 0 Å². The number of amides is 1. The number of carbonyl (C=O) groups is 2. The number of unbranched alkanes of at least 4 members (excludes halogenated alkanes) is 2. The summed E-state index contributed by atoms with van der Waals surface area (Å²) in [6.07, 6.45) is 0.569. The number of nitrogens with one attached hydrogen (secondary N) is 2. The predicted molar refractivity (Wildman–Crippen MR) is 72.4 cm³/mol. The van der Waals surface area contributed by atoms with Crippen molar-refractivity contribution < 1.29 is 27.9 Å². The van der Waals surface area contributed by atoms with Gasteiger partial charge in [-0.25, -0.2) is 9.52 Å². The van der Waals surface area contributed by atoms with Gasteiger partial charge in [0, 0.05) is 13.0 Å². The Bertz CT molecular complexity index is 427. The molecule has 0 aromatic heterocycles. The standard InChI is InChI=1S/C11H22N2O6S/c1-11(2,3)19-10(16)13-20(17,18)12-8-6-4-5-7-9(14)15/h12H,4-8H2,1-3H3,(H,13,16)(H,14,15).